The molecule has 0 aliphatic heterocycles. The van der Waals surface area contributed by atoms with E-state index in [0.29, 0.717) is 18.9 Å². The summed E-state index contributed by atoms with van der Waals surface area (Å²) in [4.78, 5) is 17.8. The second kappa shape index (κ2) is 7.45. The van der Waals surface area contributed by atoms with E-state index in [1.54, 1.807) is 24.4 Å². The number of hydrogen-bond acceptors (Lipinski definition) is 4. The fourth-order valence-corrected chi connectivity index (χ4v) is 1.49. The summed E-state index contributed by atoms with van der Waals surface area (Å²) in [6.07, 6.45) is 3.15. The van der Waals surface area contributed by atoms with Gasteiger partial charge in [0.2, 0.25) is 0 Å². The van der Waals surface area contributed by atoms with Crippen LogP contribution in [0.15, 0.2) is 31.0 Å². The highest BCUT2D eigenvalue weighted by Crippen LogP contribution is 2.17. The first kappa shape index (κ1) is 14.2. The Labute approximate surface area is 107 Å². The molecule has 0 bridgehead atoms. The monoisotopic (exact) mass is 250 g/mol. The van der Waals surface area contributed by atoms with E-state index in [0.717, 1.165) is 0 Å². The van der Waals surface area contributed by atoms with Gasteiger partial charge in [-0.15, -0.1) is 0 Å². The maximum Gasteiger partial charge on any atom is 0.276 e. The SMILES string of the molecule is C=CCOc1cccnc1C(=O)N(CC)CCO. The number of ether oxygens (including phenoxy) is 1. The molecule has 0 unspecified atom stereocenters. The molecule has 0 fully saturated rings. The van der Waals surface area contributed by atoms with Gasteiger partial charge in [-0.2, -0.15) is 0 Å². The minimum absolute atomic E-state index is 0.0741. The number of aromatic nitrogens is 1. The molecule has 0 saturated carbocycles. The highest BCUT2D eigenvalue weighted by molar-refractivity contribution is 5.94. The Morgan fingerprint density at radius 1 is 1.67 bits per heavy atom. The van der Waals surface area contributed by atoms with Crippen molar-refractivity contribution < 1.29 is 14.6 Å². The number of nitrogens with zero attached hydrogens (tertiary/aromatic N) is 2. The van der Waals surface area contributed by atoms with E-state index < -0.39 is 0 Å². The van der Waals surface area contributed by atoms with Gasteiger partial charge in [-0.3, -0.25) is 4.79 Å². The van der Waals surface area contributed by atoms with Crippen LogP contribution in [0.2, 0.25) is 0 Å². The molecule has 5 heteroatoms. The van der Waals surface area contributed by atoms with Crippen molar-refractivity contribution in [1.29, 1.82) is 0 Å². The number of carbonyl (C=O) groups excluding carboxylic acids is 1. The number of amides is 1. The van der Waals surface area contributed by atoms with Gasteiger partial charge in [0, 0.05) is 19.3 Å². The Hall–Kier alpha value is -1.88. The molecule has 0 atom stereocenters. The summed E-state index contributed by atoms with van der Waals surface area (Å²) < 4.78 is 5.39. The lowest BCUT2D eigenvalue weighted by Gasteiger charge is -2.20. The van der Waals surface area contributed by atoms with Crippen LogP contribution in [0.1, 0.15) is 17.4 Å². The maximum atomic E-state index is 12.2. The van der Waals surface area contributed by atoms with Gasteiger partial charge in [-0.1, -0.05) is 12.7 Å². The molecule has 0 aromatic carbocycles. The fraction of sp³-hybridized carbons (Fsp3) is 0.385. The van der Waals surface area contributed by atoms with E-state index in [1.807, 2.05) is 6.92 Å². The lowest BCUT2D eigenvalue weighted by atomic mass is 10.3. The maximum absolute atomic E-state index is 12.2. The zero-order chi connectivity index (χ0) is 13.4. The Balaban J connectivity index is 2.92. The molecule has 1 aromatic rings. The molecule has 1 heterocycles. The number of likely N-dealkylation sites (N-methyl/N-ethyl adjacent to an activating group) is 1. The second-order valence-corrected chi connectivity index (χ2v) is 3.56. The van der Waals surface area contributed by atoms with Crippen LogP contribution < -0.4 is 4.74 Å². The van der Waals surface area contributed by atoms with Gasteiger partial charge in [-0.25, -0.2) is 4.98 Å². The molecular weight excluding hydrogens is 232 g/mol. The van der Waals surface area contributed by atoms with Gasteiger partial charge in [0.15, 0.2) is 11.4 Å². The number of carbonyl (C=O) groups is 1. The standard InChI is InChI=1S/C13H18N2O3/c1-3-10-18-11-6-5-7-14-12(11)13(17)15(4-2)8-9-16/h3,5-7,16H,1,4,8-10H2,2H3. The molecule has 5 nitrogen and oxygen atoms in total. The van der Waals surface area contributed by atoms with Crippen LogP contribution in [-0.4, -0.2) is 47.2 Å². The number of rotatable bonds is 7. The molecule has 0 radical (unpaired) electrons. The summed E-state index contributed by atoms with van der Waals surface area (Å²) in [7, 11) is 0. The van der Waals surface area contributed by atoms with Crippen molar-refractivity contribution in [2.45, 2.75) is 6.92 Å². The van der Waals surface area contributed by atoms with E-state index in [9.17, 15) is 4.79 Å². The molecule has 18 heavy (non-hydrogen) atoms. The van der Waals surface area contributed by atoms with Crippen molar-refractivity contribution in [3.63, 3.8) is 0 Å². The average Bonchev–Trinajstić information content (AvgIpc) is 2.42. The van der Waals surface area contributed by atoms with Gasteiger partial charge < -0.3 is 14.7 Å². The summed E-state index contributed by atoms with van der Waals surface area (Å²) in [5.41, 5.74) is 0.259. The molecule has 0 saturated heterocycles. The molecule has 1 N–H and O–H groups in total. The third-order valence-corrected chi connectivity index (χ3v) is 2.37. The smallest absolute Gasteiger partial charge is 0.276 e. The number of aliphatic hydroxyl groups is 1. The number of hydrogen-bond donors (Lipinski definition) is 1. The molecule has 0 spiro atoms. The van der Waals surface area contributed by atoms with Crippen molar-refractivity contribution in [1.82, 2.24) is 9.88 Å². The average molecular weight is 250 g/mol. The van der Waals surface area contributed by atoms with Crippen molar-refractivity contribution in [2.75, 3.05) is 26.3 Å². The fourth-order valence-electron chi connectivity index (χ4n) is 1.49. The van der Waals surface area contributed by atoms with Gasteiger partial charge in [0.1, 0.15) is 6.61 Å². The van der Waals surface area contributed by atoms with E-state index in [-0.39, 0.29) is 24.8 Å². The summed E-state index contributed by atoms with van der Waals surface area (Å²) in [5, 5.41) is 8.92. The third-order valence-electron chi connectivity index (χ3n) is 2.37. The van der Waals surface area contributed by atoms with Gasteiger partial charge in [-0.05, 0) is 19.1 Å². The van der Waals surface area contributed by atoms with Crippen molar-refractivity contribution in [3.05, 3.63) is 36.7 Å². The Kier molecular flexibility index (Phi) is 5.87. The Morgan fingerprint density at radius 3 is 3.06 bits per heavy atom. The number of pyridine rings is 1. The van der Waals surface area contributed by atoms with Gasteiger partial charge in [0.05, 0.1) is 6.61 Å². The quantitative estimate of drug-likeness (QED) is 0.736. The largest absolute Gasteiger partial charge is 0.487 e. The molecule has 0 aliphatic carbocycles. The van der Waals surface area contributed by atoms with Crippen LogP contribution in [0.5, 0.6) is 5.75 Å². The highest BCUT2D eigenvalue weighted by atomic mass is 16.5. The second-order valence-electron chi connectivity index (χ2n) is 3.56. The van der Waals surface area contributed by atoms with Crippen molar-refractivity contribution >= 4 is 5.91 Å². The van der Waals surface area contributed by atoms with E-state index in [1.165, 1.54) is 4.90 Å². The van der Waals surface area contributed by atoms with Crippen LogP contribution in [0.25, 0.3) is 0 Å². The normalized spacial score (nSPS) is 9.89. The molecule has 1 aromatic heterocycles. The molecule has 1 rings (SSSR count). The molecule has 1 amide bonds. The van der Waals surface area contributed by atoms with Crippen molar-refractivity contribution in [2.24, 2.45) is 0 Å². The van der Waals surface area contributed by atoms with Crippen LogP contribution in [-0.2, 0) is 0 Å². The zero-order valence-electron chi connectivity index (χ0n) is 10.5. The predicted octanol–water partition coefficient (Wildman–Crippen LogP) is 1.10. The van der Waals surface area contributed by atoms with Crippen molar-refractivity contribution in [3.8, 4) is 5.75 Å². The first-order chi connectivity index (χ1) is 8.74. The lowest BCUT2D eigenvalue weighted by Crippen LogP contribution is -2.34. The topological polar surface area (TPSA) is 62.7 Å². The van der Waals surface area contributed by atoms with Crippen LogP contribution in [0, 0.1) is 0 Å². The third kappa shape index (κ3) is 3.56. The zero-order valence-corrected chi connectivity index (χ0v) is 10.5. The lowest BCUT2D eigenvalue weighted by molar-refractivity contribution is 0.0722. The Bertz CT molecular complexity index is 407. The van der Waals surface area contributed by atoms with Crippen LogP contribution in [0.3, 0.4) is 0 Å². The molecule has 0 aliphatic rings. The summed E-state index contributed by atoms with van der Waals surface area (Å²) in [6.45, 7) is 6.44. The van der Waals surface area contributed by atoms with Gasteiger partial charge in [0.25, 0.3) is 5.91 Å². The van der Waals surface area contributed by atoms with Crippen LogP contribution >= 0.6 is 0 Å². The minimum atomic E-state index is -0.244. The highest BCUT2D eigenvalue weighted by Gasteiger charge is 2.19. The minimum Gasteiger partial charge on any atom is -0.487 e. The van der Waals surface area contributed by atoms with Crippen LogP contribution in [0.4, 0.5) is 0 Å². The van der Waals surface area contributed by atoms with Gasteiger partial charge >= 0.3 is 0 Å². The molecular formula is C13H18N2O3. The predicted molar refractivity (Wildman–Crippen MR) is 68.6 cm³/mol. The van der Waals surface area contributed by atoms with E-state index >= 15 is 0 Å². The van der Waals surface area contributed by atoms with E-state index in [4.69, 9.17) is 9.84 Å². The summed E-state index contributed by atoms with van der Waals surface area (Å²) in [5.74, 6) is 0.185. The number of aliphatic hydroxyl groups excluding tert-OH is 1. The first-order valence-corrected chi connectivity index (χ1v) is 5.83. The summed E-state index contributed by atoms with van der Waals surface area (Å²) in [6, 6.07) is 3.40. The molecule has 98 valence electrons. The Morgan fingerprint density at radius 2 is 2.44 bits per heavy atom. The summed E-state index contributed by atoms with van der Waals surface area (Å²) >= 11 is 0. The van der Waals surface area contributed by atoms with E-state index in [2.05, 4.69) is 11.6 Å². The first-order valence-electron chi connectivity index (χ1n) is 5.83.